The maximum atomic E-state index is 11.4. The first-order chi connectivity index (χ1) is 9.20. The smallest absolute Gasteiger partial charge is 0.229 e. The van der Waals surface area contributed by atoms with Crippen molar-refractivity contribution in [3.8, 4) is 5.75 Å². The van der Waals surface area contributed by atoms with Crippen molar-refractivity contribution in [1.82, 2.24) is 4.90 Å². The number of hydrogen-bond donors (Lipinski definition) is 0. The lowest BCUT2D eigenvalue weighted by Gasteiger charge is -2.14. The van der Waals surface area contributed by atoms with Gasteiger partial charge in [-0.2, -0.15) is 0 Å². The molecule has 1 aromatic carbocycles. The monoisotopic (exact) mass is 261 g/mol. The van der Waals surface area contributed by atoms with Crippen molar-refractivity contribution in [2.75, 3.05) is 13.2 Å². The second-order valence-corrected chi connectivity index (χ2v) is 4.64. The molecule has 0 bridgehead atoms. The first kappa shape index (κ1) is 13.6. The van der Waals surface area contributed by atoms with Gasteiger partial charge in [-0.05, 0) is 30.5 Å². The van der Waals surface area contributed by atoms with Crippen molar-refractivity contribution < 1.29 is 14.3 Å². The van der Waals surface area contributed by atoms with E-state index in [1.807, 2.05) is 18.2 Å². The lowest BCUT2D eigenvalue weighted by Crippen LogP contribution is -2.30. The molecular formula is C15H19NO3. The summed E-state index contributed by atoms with van der Waals surface area (Å²) in [5.74, 6) is 0.731. The van der Waals surface area contributed by atoms with E-state index in [0.29, 0.717) is 32.4 Å². The number of amides is 2. The predicted molar refractivity (Wildman–Crippen MR) is 71.9 cm³/mol. The molecule has 0 unspecified atom stereocenters. The standard InChI is InChI=1S/C15H19NO3/c1-2-12-5-3-6-13(11-12)19-10-4-9-16-14(17)7-8-15(16)18/h3,5-6,11H,2,4,7-10H2,1H3. The highest BCUT2D eigenvalue weighted by Crippen LogP contribution is 2.15. The number of benzene rings is 1. The number of likely N-dealkylation sites (tertiary alicyclic amines) is 1. The van der Waals surface area contributed by atoms with Crippen molar-refractivity contribution in [1.29, 1.82) is 0 Å². The van der Waals surface area contributed by atoms with Crippen LogP contribution in [-0.4, -0.2) is 29.9 Å². The molecule has 2 rings (SSSR count). The molecular weight excluding hydrogens is 242 g/mol. The summed E-state index contributed by atoms with van der Waals surface area (Å²) in [6.07, 6.45) is 2.37. The molecule has 1 saturated heterocycles. The number of rotatable bonds is 6. The van der Waals surface area contributed by atoms with Crippen LogP contribution in [-0.2, 0) is 16.0 Å². The highest BCUT2D eigenvalue weighted by molar-refractivity contribution is 6.01. The summed E-state index contributed by atoms with van der Waals surface area (Å²) in [5.41, 5.74) is 1.24. The third-order valence-corrected chi connectivity index (χ3v) is 3.26. The summed E-state index contributed by atoms with van der Waals surface area (Å²) < 4.78 is 5.63. The van der Waals surface area contributed by atoms with E-state index in [-0.39, 0.29) is 11.8 Å². The van der Waals surface area contributed by atoms with Crippen molar-refractivity contribution in [2.24, 2.45) is 0 Å². The molecule has 1 heterocycles. The van der Waals surface area contributed by atoms with Gasteiger partial charge in [-0.3, -0.25) is 14.5 Å². The van der Waals surface area contributed by atoms with Gasteiger partial charge in [-0.1, -0.05) is 19.1 Å². The Morgan fingerprint density at radius 3 is 2.63 bits per heavy atom. The molecule has 0 radical (unpaired) electrons. The van der Waals surface area contributed by atoms with E-state index in [2.05, 4.69) is 13.0 Å². The highest BCUT2D eigenvalue weighted by Gasteiger charge is 2.27. The summed E-state index contributed by atoms with van der Waals surface area (Å²) >= 11 is 0. The van der Waals surface area contributed by atoms with E-state index in [9.17, 15) is 9.59 Å². The molecule has 0 atom stereocenters. The minimum Gasteiger partial charge on any atom is -0.494 e. The van der Waals surface area contributed by atoms with Gasteiger partial charge in [-0.15, -0.1) is 0 Å². The number of aryl methyl sites for hydroxylation is 1. The van der Waals surface area contributed by atoms with E-state index >= 15 is 0 Å². The van der Waals surface area contributed by atoms with Crippen LogP contribution in [0.25, 0.3) is 0 Å². The Labute approximate surface area is 113 Å². The Morgan fingerprint density at radius 2 is 1.95 bits per heavy atom. The van der Waals surface area contributed by atoms with E-state index in [0.717, 1.165) is 12.2 Å². The Bertz CT molecular complexity index is 454. The van der Waals surface area contributed by atoms with Crippen molar-refractivity contribution in [3.05, 3.63) is 29.8 Å². The predicted octanol–water partition coefficient (Wildman–Crippen LogP) is 2.17. The first-order valence-electron chi connectivity index (χ1n) is 6.75. The van der Waals surface area contributed by atoms with Gasteiger partial charge < -0.3 is 4.74 Å². The molecule has 1 aliphatic rings. The van der Waals surface area contributed by atoms with Gasteiger partial charge in [0.15, 0.2) is 0 Å². The molecule has 0 spiro atoms. The minimum absolute atomic E-state index is 0.0574. The summed E-state index contributed by atoms with van der Waals surface area (Å²) in [6, 6.07) is 7.98. The molecule has 0 aromatic heterocycles. The van der Waals surface area contributed by atoms with Crippen LogP contribution in [0.1, 0.15) is 31.7 Å². The van der Waals surface area contributed by atoms with Crippen LogP contribution in [0.3, 0.4) is 0 Å². The molecule has 19 heavy (non-hydrogen) atoms. The summed E-state index contributed by atoms with van der Waals surface area (Å²) in [5, 5.41) is 0. The molecule has 4 nitrogen and oxygen atoms in total. The molecule has 2 amide bonds. The van der Waals surface area contributed by atoms with Crippen LogP contribution in [0.4, 0.5) is 0 Å². The SMILES string of the molecule is CCc1cccc(OCCCN2C(=O)CCC2=O)c1. The van der Waals surface area contributed by atoms with Crippen LogP contribution >= 0.6 is 0 Å². The van der Waals surface area contributed by atoms with Crippen molar-refractivity contribution in [3.63, 3.8) is 0 Å². The van der Waals surface area contributed by atoms with E-state index in [1.54, 1.807) is 0 Å². The van der Waals surface area contributed by atoms with Crippen molar-refractivity contribution >= 4 is 11.8 Å². The average Bonchev–Trinajstić information content (AvgIpc) is 2.75. The third kappa shape index (κ3) is 3.56. The molecule has 1 aromatic rings. The van der Waals surface area contributed by atoms with Crippen LogP contribution in [0, 0.1) is 0 Å². The molecule has 1 fully saturated rings. The number of hydrogen-bond acceptors (Lipinski definition) is 3. The quantitative estimate of drug-likeness (QED) is 0.582. The normalized spacial score (nSPS) is 15.1. The Morgan fingerprint density at radius 1 is 1.21 bits per heavy atom. The molecule has 0 aliphatic carbocycles. The summed E-state index contributed by atoms with van der Waals surface area (Å²) in [7, 11) is 0. The van der Waals surface area contributed by atoms with Gasteiger partial charge in [0.1, 0.15) is 5.75 Å². The second-order valence-electron chi connectivity index (χ2n) is 4.64. The van der Waals surface area contributed by atoms with Crippen molar-refractivity contribution in [2.45, 2.75) is 32.6 Å². The van der Waals surface area contributed by atoms with Crippen LogP contribution in [0.5, 0.6) is 5.75 Å². The Kier molecular flexibility index (Phi) is 4.55. The Balaban J connectivity index is 1.74. The molecule has 4 heteroatoms. The van der Waals surface area contributed by atoms with E-state index in [1.165, 1.54) is 10.5 Å². The molecule has 102 valence electrons. The zero-order valence-electron chi connectivity index (χ0n) is 11.2. The number of carbonyl (C=O) groups is 2. The van der Waals surface area contributed by atoms with Crippen LogP contribution in [0.2, 0.25) is 0 Å². The Hall–Kier alpha value is -1.84. The fourth-order valence-electron chi connectivity index (χ4n) is 2.14. The summed E-state index contributed by atoms with van der Waals surface area (Å²) in [6.45, 7) is 3.08. The lowest BCUT2D eigenvalue weighted by atomic mass is 10.2. The second kappa shape index (κ2) is 6.36. The zero-order chi connectivity index (χ0) is 13.7. The largest absolute Gasteiger partial charge is 0.494 e. The van der Waals surface area contributed by atoms with Gasteiger partial charge in [0.2, 0.25) is 11.8 Å². The topological polar surface area (TPSA) is 46.6 Å². The fraction of sp³-hybridized carbons (Fsp3) is 0.467. The number of nitrogens with zero attached hydrogens (tertiary/aromatic N) is 1. The van der Waals surface area contributed by atoms with Crippen LogP contribution in [0.15, 0.2) is 24.3 Å². The third-order valence-electron chi connectivity index (χ3n) is 3.26. The van der Waals surface area contributed by atoms with Gasteiger partial charge in [0.25, 0.3) is 0 Å². The van der Waals surface area contributed by atoms with Gasteiger partial charge in [-0.25, -0.2) is 0 Å². The van der Waals surface area contributed by atoms with Gasteiger partial charge in [0.05, 0.1) is 6.61 Å². The lowest BCUT2D eigenvalue weighted by molar-refractivity contribution is -0.138. The number of imide groups is 1. The maximum Gasteiger partial charge on any atom is 0.229 e. The first-order valence-corrected chi connectivity index (χ1v) is 6.75. The maximum absolute atomic E-state index is 11.4. The molecule has 1 aliphatic heterocycles. The highest BCUT2D eigenvalue weighted by atomic mass is 16.5. The summed E-state index contributed by atoms with van der Waals surface area (Å²) in [4.78, 5) is 24.1. The van der Waals surface area contributed by atoms with E-state index < -0.39 is 0 Å². The minimum atomic E-state index is -0.0574. The molecule has 0 N–H and O–H groups in total. The number of ether oxygens (including phenoxy) is 1. The van der Waals surface area contributed by atoms with E-state index in [4.69, 9.17) is 4.74 Å². The van der Waals surface area contributed by atoms with Gasteiger partial charge in [0, 0.05) is 19.4 Å². The van der Waals surface area contributed by atoms with Gasteiger partial charge >= 0.3 is 0 Å². The number of carbonyl (C=O) groups excluding carboxylic acids is 2. The average molecular weight is 261 g/mol. The zero-order valence-corrected chi connectivity index (χ0v) is 11.2. The fourth-order valence-corrected chi connectivity index (χ4v) is 2.14. The molecule has 0 saturated carbocycles. The van der Waals surface area contributed by atoms with Crippen LogP contribution < -0.4 is 4.74 Å².